The average molecular weight is 238 g/mol. The van der Waals surface area contributed by atoms with Crippen molar-refractivity contribution in [3.8, 4) is 10.6 Å². The van der Waals surface area contributed by atoms with E-state index in [9.17, 15) is 4.79 Å². The molecule has 0 spiro atoms. The number of aromatic nitrogens is 1. The van der Waals surface area contributed by atoms with Crippen LogP contribution in [-0.4, -0.2) is 16.2 Å². The maximum Gasteiger partial charge on any atom is 0.305 e. The van der Waals surface area contributed by atoms with Crippen LogP contribution in [0.1, 0.15) is 18.2 Å². The van der Waals surface area contributed by atoms with Crippen LogP contribution in [0.15, 0.2) is 28.1 Å². The van der Waals surface area contributed by atoms with Crippen LogP contribution < -0.4 is 5.73 Å². The van der Waals surface area contributed by atoms with Gasteiger partial charge in [0, 0.05) is 6.07 Å². The lowest BCUT2D eigenvalue weighted by molar-refractivity contribution is -0.137. The number of carboxylic acid groups (broad SMARTS) is 1. The number of hydrogen-bond acceptors (Lipinski definition) is 5. The molecule has 0 bridgehead atoms. The Kier molecular flexibility index (Phi) is 3.02. The number of carboxylic acids is 1. The molecule has 1 atom stereocenters. The quantitative estimate of drug-likeness (QED) is 0.848. The van der Waals surface area contributed by atoms with Crippen molar-refractivity contribution in [1.82, 2.24) is 5.16 Å². The summed E-state index contributed by atoms with van der Waals surface area (Å²) in [7, 11) is 0. The lowest BCUT2D eigenvalue weighted by Gasteiger charge is -2.01. The van der Waals surface area contributed by atoms with E-state index in [1.807, 2.05) is 17.5 Å². The molecule has 6 heteroatoms. The molecule has 0 saturated carbocycles. The predicted molar refractivity (Wildman–Crippen MR) is 59.0 cm³/mol. The van der Waals surface area contributed by atoms with Crippen molar-refractivity contribution < 1.29 is 14.4 Å². The first kappa shape index (κ1) is 10.8. The molecule has 2 rings (SSSR count). The molecule has 0 amide bonds. The Morgan fingerprint density at radius 3 is 3.12 bits per heavy atom. The molecule has 2 heterocycles. The molecule has 1 unspecified atom stereocenters. The van der Waals surface area contributed by atoms with E-state index in [4.69, 9.17) is 15.4 Å². The van der Waals surface area contributed by atoms with Gasteiger partial charge in [0.2, 0.25) is 0 Å². The number of hydrogen-bond donors (Lipinski definition) is 2. The van der Waals surface area contributed by atoms with Crippen molar-refractivity contribution in [2.45, 2.75) is 12.5 Å². The van der Waals surface area contributed by atoms with Crippen LogP contribution in [0.4, 0.5) is 0 Å². The standard InChI is InChI=1S/C10H10N2O3S/c11-6(4-10(13)14)7-5-8(15-12-7)9-2-1-3-16-9/h1-3,5-6H,4,11H2,(H,13,14). The van der Waals surface area contributed by atoms with Gasteiger partial charge in [0.25, 0.3) is 0 Å². The predicted octanol–water partition coefficient (Wildman–Crippen LogP) is 1.88. The fraction of sp³-hybridized carbons (Fsp3) is 0.200. The number of thiophene rings is 1. The maximum atomic E-state index is 10.5. The Hall–Kier alpha value is -1.66. The van der Waals surface area contributed by atoms with Crippen molar-refractivity contribution in [3.05, 3.63) is 29.3 Å². The normalized spacial score (nSPS) is 12.6. The van der Waals surface area contributed by atoms with Crippen LogP contribution in [0.2, 0.25) is 0 Å². The highest BCUT2D eigenvalue weighted by molar-refractivity contribution is 7.13. The summed E-state index contributed by atoms with van der Waals surface area (Å²) >= 11 is 1.52. The third-order valence-electron chi connectivity index (χ3n) is 2.07. The van der Waals surface area contributed by atoms with Gasteiger partial charge in [0.1, 0.15) is 5.69 Å². The Labute approximate surface area is 95.5 Å². The van der Waals surface area contributed by atoms with Gasteiger partial charge in [-0.2, -0.15) is 0 Å². The van der Waals surface area contributed by atoms with Gasteiger partial charge in [-0.1, -0.05) is 11.2 Å². The lowest BCUT2D eigenvalue weighted by atomic mass is 10.1. The molecule has 0 aliphatic rings. The number of rotatable bonds is 4. The Bertz CT molecular complexity index is 478. The second-order valence-electron chi connectivity index (χ2n) is 3.30. The van der Waals surface area contributed by atoms with Crippen LogP contribution in [-0.2, 0) is 4.79 Å². The Morgan fingerprint density at radius 2 is 2.50 bits per heavy atom. The Morgan fingerprint density at radius 1 is 1.69 bits per heavy atom. The van der Waals surface area contributed by atoms with E-state index in [1.54, 1.807) is 6.07 Å². The van der Waals surface area contributed by atoms with Crippen molar-refractivity contribution in [1.29, 1.82) is 0 Å². The van der Waals surface area contributed by atoms with E-state index in [0.29, 0.717) is 11.5 Å². The minimum atomic E-state index is -0.951. The summed E-state index contributed by atoms with van der Waals surface area (Å²) in [6, 6.07) is 4.85. The topological polar surface area (TPSA) is 89.4 Å². The van der Waals surface area contributed by atoms with E-state index >= 15 is 0 Å². The van der Waals surface area contributed by atoms with Crippen molar-refractivity contribution in [3.63, 3.8) is 0 Å². The number of carbonyl (C=O) groups is 1. The minimum Gasteiger partial charge on any atom is -0.481 e. The maximum absolute atomic E-state index is 10.5. The second-order valence-corrected chi connectivity index (χ2v) is 4.25. The third-order valence-corrected chi connectivity index (χ3v) is 2.95. The third kappa shape index (κ3) is 2.29. The van der Waals surface area contributed by atoms with Gasteiger partial charge in [-0.25, -0.2) is 0 Å². The lowest BCUT2D eigenvalue weighted by Crippen LogP contribution is -2.15. The fourth-order valence-electron chi connectivity index (χ4n) is 1.29. The molecule has 0 radical (unpaired) electrons. The van der Waals surface area contributed by atoms with E-state index < -0.39 is 12.0 Å². The zero-order chi connectivity index (χ0) is 11.5. The summed E-state index contributed by atoms with van der Waals surface area (Å²) < 4.78 is 5.10. The van der Waals surface area contributed by atoms with Crippen LogP contribution in [0.5, 0.6) is 0 Å². The van der Waals surface area contributed by atoms with Crippen molar-refractivity contribution in [2.75, 3.05) is 0 Å². The molecule has 2 aromatic rings. The summed E-state index contributed by atoms with van der Waals surface area (Å²) in [5, 5.41) is 14.3. The molecule has 0 aliphatic heterocycles. The molecule has 84 valence electrons. The van der Waals surface area contributed by atoms with Crippen LogP contribution in [0.3, 0.4) is 0 Å². The summed E-state index contributed by atoms with van der Waals surface area (Å²) in [6.07, 6.45) is -0.156. The minimum absolute atomic E-state index is 0.156. The highest BCUT2D eigenvalue weighted by Crippen LogP contribution is 2.27. The van der Waals surface area contributed by atoms with Gasteiger partial charge in [-0.15, -0.1) is 11.3 Å². The monoisotopic (exact) mass is 238 g/mol. The van der Waals surface area contributed by atoms with Gasteiger partial charge in [0.15, 0.2) is 5.76 Å². The number of aliphatic carboxylic acids is 1. The van der Waals surface area contributed by atoms with Gasteiger partial charge in [-0.05, 0) is 11.4 Å². The molecule has 0 fully saturated rings. The second kappa shape index (κ2) is 4.46. The van der Waals surface area contributed by atoms with Gasteiger partial charge >= 0.3 is 5.97 Å². The molecule has 3 N–H and O–H groups in total. The van der Waals surface area contributed by atoms with E-state index in [-0.39, 0.29) is 6.42 Å². The molecular weight excluding hydrogens is 228 g/mol. The van der Waals surface area contributed by atoms with Crippen molar-refractivity contribution in [2.24, 2.45) is 5.73 Å². The molecular formula is C10H10N2O3S. The largest absolute Gasteiger partial charge is 0.481 e. The average Bonchev–Trinajstić information content (AvgIpc) is 2.87. The molecule has 0 aliphatic carbocycles. The molecule has 2 aromatic heterocycles. The summed E-state index contributed by atoms with van der Waals surface area (Å²) in [5.41, 5.74) is 6.13. The fourth-order valence-corrected chi connectivity index (χ4v) is 1.96. The molecule has 5 nitrogen and oxygen atoms in total. The van der Waals surface area contributed by atoms with Crippen LogP contribution in [0.25, 0.3) is 10.6 Å². The van der Waals surface area contributed by atoms with E-state index in [1.165, 1.54) is 11.3 Å². The Balaban J connectivity index is 2.16. The SMILES string of the molecule is NC(CC(=O)O)c1cc(-c2cccs2)on1. The molecule has 16 heavy (non-hydrogen) atoms. The first-order chi connectivity index (χ1) is 7.66. The zero-order valence-corrected chi connectivity index (χ0v) is 9.11. The highest BCUT2D eigenvalue weighted by Gasteiger charge is 2.16. The molecule has 0 aromatic carbocycles. The van der Waals surface area contributed by atoms with Gasteiger partial charge < -0.3 is 15.4 Å². The van der Waals surface area contributed by atoms with Crippen molar-refractivity contribution >= 4 is 17.3 Å². The summed E-state index contributed by atoms with van der Waals surface area (Å²) in [6.45, 7) is 0. The first-order valence-electron chi connectivity index (χ1n) is 4.64. The van der Waals surface area contributed by atoms with Crippen LogP contribution in [0, 0.1) is 0 Å². The number of nitrogens with zero attached hydrogens (tertiary/aromatic N) is 1. The van der Waals surface area contributed by atoms with E-state index in [0.717, 1.165) is 4.88 Å². The van der Waals surface area contributed by atoms with Gasteiger partial charge in [0.05, 0.1) is 17.3 Å². The highest BCUT2D eigenvalue weighted by atomic mass is 32.1. The smallest absolute Gasteiger partial charge is 0.305 e. The zero-order valence-electron chi connectivity index (χ0n) is 8.29. The van der Waals surface area contributed by atoms with Crippen LogP contribution >= 0.6 is 11.3 Å². The molecule has 0 saturated heterocycles. The summed E-state index contributed by atoms with van der Waals surface area (Å²) in [4.78, 5) is 11.4. The summed E-state index contributed by atoms with van der Waals surface area (Å²) in [5.74, 6) is -0.334. The van der Waals surface area contributed by atoms with E-state index in [2.05, 4.69) is 5.16 Å². The number of nitrogens with two attached hydrogens (primary N) is 1. The van der Waals surface area contributed by atoms with Gasteiger partial charge in [-0.3, -0.25) is 4.79 Å². The first-order valence-corrected chi connectivity index (χ1v) is 5.52.